The molecule has 1 aliphatic rings. The first-order valence-electron chi connectivity index (χ1n) is 11.5. The molecule has 37 heavy (non-hydrogen) atoms. The molecule has 5 atom stereocenters. The van der Waals surface area contributed by atoms with Crippen LogP contribution in [0.25, 0.3) is 0 Å². The molecular weight excluding hydrogens is 530 g/mol. The van der Waals surface area contributed by atoms with Crippen molar-refractivity contribution in [3.8, 4) is 0 Å². The molecular formula is C21H34N4O10P2. The minimum Gasteiger partial charge on any atom is -0.387 e. The number of hydrogen-bond acceptors (Lipinski definition) is 12. The molecule has 5 N–H and O–H groups in total. The van der Waals surface area contributed by atoms with Crippen molar-refractivity contribution < 1.29 is 48.1 Å². The van der Waals surface area contributed by atoms with E-state index >= 15 is 0 Å². The number of aliphatic hydroxyl groups is 2. The van der Waals surface area contributed by atoms with Crippen LogP contribution in [0.15, 0.2) is 30.6 Å². The Morgan fingerprint density at radius 3 is 2.59 bits per heavy atom. The van der Waals surface area contributed by atoms with Gasteiger partial charge in [-0.05, 0) is 25.5 Å². The maximum atomic E-state index is 12.6. The molecule has 2 amide bonds. The number of aliphatic hydroxyl groups excluding tert-OH is 2. The number of pyridine rings is 1. The van der Waals surface area contributed by atoms with Gasteiger partial charge >= 0.3 is 17.2 Å². The fraction of sp³-hybridized carbons (Fsp3) is 0.571. The standard InChI is InChI=1S/C21H34N4O10P2/c1-4-9-24(5-2)16-6-8-22-15(11-16)12-23(3)18(27)7-10-25(14-26)21-20(29)19(28)17(34-21)13-33-37(32)35-36(30)31/h6-8,10-11,14,17,19-21,28-32H,4-5,9,12-13H2,1-3H3/b10-7-. The summed E-state index contributed by atoms with van der Waals surface area (Å²) in [6.45, 7) is 5.65. The Balaban J connectivity index is 1.97. The summed E-state index contributed by atoms with van der Waals surface area (Å²) < 4.78 is 14.6. The molecule has 1 saturated heterocycles. The first-order valence-corrected chi connectivity index (χ1v) is 13.8. The van der Waals surface area contributed by atoms with Crippen molar-refractivity contribution in [3.63, 3.8) is 0 Å². The van der Waals surface area contributed by atoms with Gasteiger partial charge < -0.3 is 44.0 Å². The van der Waals surface area contributed by atoms with Gasteiger partial charge in [-0.25, -0.2) is 4.31 Å². The van der Waals surface area contributed by atoms with Crippen LogP contribution in [0, 0.1) is 0 Å². The first-order chi connectivity index (χ1) is 17.6. The van der Waals surface area contributed by atoms with Crippen LogP contribution in [0.2, 0.25) is 0 Å². The molecule has 16 heteroatoms. The van der Waals surface area contributed by atoms with Gasteiger partial charge in [-0.1, -0.05) is 6.92 Å². The summed E-state index contributed by atoms with van der Waals surface area (Å²) in [7, 11) is -3.93. The van der Waals surface area contributed by atoms with Gasteiger partial charge in [-0.2, -0.15) is 0 Å². The van der Waals surface area contributed by atoms with Crippen molar-refractivity contribution in [1.29, 1.82) is 0 Å². The van der Waals surface area contributed by atoms with Gasteiger partial charge in [0.2, 0.25) is 12.3 Å². The number of anilines is 1. The van der Waals surface area contributed by atoms with Crippen LogP contribution in [0.4, 0.5) is 5.69 Å². The van der Waals surface area contributed by atoms with Gasteiger partial charge in [0.1, 0.15) is 18.3 Å². The summed E-state index contributed by atoms with van der Waals surface area (Å²) in [5, 5.41) is 20.5. The quantitative estimate of drug-likeness (QED) is 0.111. The number of hydrogen-bond donors (Lipinski definition) is 5. The van der Waals surface area contributed by atoms with Gasteiger partial charge in [0.05, 0.1) is 18.8 Å². The number of aromatic nitrogens is 1. The largest absolute Gasteiger partial charge is 0.387 e. The summed E-state index contributed by atoms with van der Waals surface area (Å²) in [6, 6.07) is 3.83. The number of carbonyl (C=O) groups excluding carboxylic acids is 2. The minimum absolute atomic E-state index is 0.221. The zero-order valence-electron chi connectivity index (χ0n) is 20.8. The van der Waals surface area contributed by atoms with E-state index in [1.165, 1.54) is 4.90 Å². The molecule has 1 aliphatic heterocycles. The smallest absolute Gasteiger partial charge is 0.337 e. The lowest BCUT2D eigenvalue weighted by molar-refractivity contribution is -0.132. The molecule has 0 bridgehead atoms. The van der Waals surface area contributed by atoms with E-state index in [9.17, 15) is 24.7 Å². The summed E-state index contributed by atoms with van der Waals surface area (Å²) in [5.41, 5.74) is 1.70. The summed E-state index contributed by atoms with van der Waals surface area (Å²) in [4.78, 5) is 59.9. The lowest BCUT2D eigenvalue weighted by Crippen LogP contribution is -2.41. The van der Waals surface area contributed by atoms with E-state index in [0.717, 1.165) is 42.4 Å². The number of amides is 2. The molecule has 2 heterocycles. The SMILES string of the molecule is CCCN(CC)c1ccnc(CN(C)C(=O)/C=C\N(C=O)C2OC(COP(O)OP(O)O)C(O)C2O)c1. The fourth-order valence-electron chi connectivity index (χ4n) is 3.60. The fourth-order valence-corrected chi connectivity index (χ4v) is 4.57. The molecule has 0 aliphatic carbocycles. The van der Waals surface area contributed by atoms with Crippen molar-refractivity contribution in [2.24, 2.45) is 0 Å². The van der Waals surface area contributed by atoms with E-state index in [1.807, 2.05) is 12.1 Å². The molecule has 2 rings (SSSR count). The molecule has 0 radical (unpaired) electrons. The van der Waals surface area contributed by atoms with Gasteiger partial charge in [0, 0.05) is 44.3 Å². The molecule has 5 unspecified atom stereocenters. The predicted octanol–water partition coefficient (Wildman–Crippen LogP) is 0.159. The molecule has 1 aromatic rings. The highest BCUT2D eigenvalue weighted by Gasteiger charge is 2.45. The van der Waals surface area contributed by atoms with Crippen molar-refractivity contribution in [3.05, 3.63) is 36.3 Å². The first kappa shape index (κ1) is 31.4. The Bertz CT molecular complexity index is 899. The van der Waals surface area contributed by atoms with E-state index in [4.69, 9.17) is 19.0 Å². The Morgan fingerprint density at radius 1 is 1.24 bits per heavy atom. The summed E-state index contributed by atoms with van der Waals surface area (Å²) >= 11 is 0. The van der Waals surface area contributed by atoms with Crippen LogP contribution in [0.5, 0.6) is 0 Å². The van der Waals surface area contributed by atoms with Crippen LogP contribution < -0.4 is 4.90 Å². The monoisotopic (exact) mass is 564 g/mol. The van der Waals surface area contributed by atoms with E-state index < -0.39 is 54.3 Å². The van der Waals surface area contributed by atoms with E-state index in [1.54, 1.807) is 13.2 Å². The number of carbonyl (C=O) groups is 2. The Hall–Kier alpha value is -1.83. The third-order valence-electron chi connectivity index (χ3n) is 5.45. The van der Waals surface area contributed by atoms with Gasteiger partial charge in [0.25, 0.3) is 0 Å². The Kier molecular flexibility index (Phi) is 13.2. The van der Waals surface area contributed by atoms with Crippen LogP contribution in [-0.4, -0.2) is 103 Å². The molecule has 1 aromatic heterocycles. The van der Waals surface area contributed by atoms with E-state index in [-0.39, 0.29) is 6.54 Å². The lowest BCUT2D eigenvalue weighted by atomic mass is 10.1. The number of ether oxygens (including phenoxy) is 1. The Morgan fingerprint density at radius 2 is 1.97 bits per heavy atom. The van der Waals surface area contributed by atoms with Gasteiger partial charge in [-0.3, -0.25) is 19.5 Å². The van der Waals surface area contributed by atoms with Crippen LogP contribution in [-0.2, 0) is 29.7 Å². The molecule has 14 nitrogen and oxygen atoms in total. The molecule has 0 aromatic carbocycles. The van der Waals surface area contributed by atoms with Gasteiger partial charge in [-0.15, -0.1) is 0 Å². The highest BCUT2D eigenvalue weighted by atomic mass is 31.2. The number of rotatable bonds is 15. The second kappa shape index (κ2) is 15.6. The van der Waals surface area contributed by atoms with Crippen molar-refractivity contribution in [2.75, 3.05) is 31.6 Å². The normalized spacial score (nSPS) is 22.4. The zero-order chi connectivity index (χ0) is 27.5. The second-order valence-electron chi connectivity index (χ2n) is 8.06. The number of nitrogens with zero attached hydrogens (tertiary/aromatic N) is 4. The van der Waals surface area contributed by atoms with Crippen molar-refractivity contribution >= 4 is 35.2 Å². The van der Waals surface area contributed by atoms with Crippen LogP contribution in [0.1, 0.15) is 26.0 Å². The van der Waals surface area contributed by atoms with Crippen LogP contribution in [0.3, 0.4) is 0 Å². The second-order valence-corrected chi connectivity index (χ2v) is 9.95. The topological polar surface area (TPSA) is 186 Å². The minimum atomic E-state index is -2.85. The maximum absolute atomic E-state index is 12.6. The highest BCUT2D eigenvalue weighted by molar-refractivity contribution is 7.54. The van der Waals surface area contributed by atoms with E-state index in [0.29, 0.717) is 12.1 Å². The predicted molar refractivity (Wildman–Crippen MR) is 134 cm³/mol. The van der Waals surface area contributed by atoms with Crippen LogP contribution >= 0.6 is 17.2 Å². The van der Waals surface area contributed by atoms with Gasteiger partial charge in [0.15, 0.2) is 6.23 Å². The zero-order valence-corrected chi connectivity index (χ0v) is 22.6. The average Bonchev–Trinajstić information content (AvgIpc) is 3.14. The average molecular weight is 564 g/mol. The lowest BCUT2D eigenvalue weighted by Gasteiger charge is -2.24. The van der Waals surface area contributed by atoms with E-state index in [2.05, 4.69) is 28.0 Å². The highest BCUT2D eigenvalue weighted by Crippen LogP contribution is 2.46. The third kappa shape index (κ3) is 9.45. The maximum Gasteiger partial charge on any atom is 0.337 e. The molecule has 0 saturated carbocycles. The molecule has 208 valence electrons. The van der Waals surface area contributed by atoms with Crippen molar-refractivity contribution in [2.45, 2.75) is 51.4 Å². The molecule has 0 spiro atoms. The summed E-state index contributed by atoms with van der Waals surface area (Å²) in [6.07, 6.45) is -0.325. The summed E-state index contributed by atoms with van der Waals surface area (Å²) in [5.74, 6) is -0.444. The molecule has 1 fully saturated rings. The third-order valence-corrected chi connectivity index (χ3v) is 6.96. The Labute approximate surface area is 217 Å². The van der Waals surface area contributed by atoms with Crippen molar-refractivity contribution in [1.82, 2.24) is 14.8 Å². The number of likely N-dealkylation sites (N-methyl/N-ethyl adjacent to an activating group) is 1.